The lowest BCUT2D eigenvalue weighted by molar-refractivity contribution is -0.384. The molecule has 13 aromatic rings. The predicted octanol–water partition coefficient (Wildman–Crippen LogP) is 18.1. The van der Waals surface area contributed by atoms with Crippen molar-refractivity contribution in [2.24, 2.45) is 29.4 Å². The molecule has 141 heavy (non-hydrogen) atoms. The van der Waals surface area contributed by atoms with Crippen LogP contribution >= 0.6 is 11.6 Å². The Hall–Kier alpha value is -15.0. The van der Waals surface area contributed by atoms with Gasteiger partial charge in [0.25, 0.3) is 11.4 Å². The van der Waals surface area contributed by atoms with Gasteiger partial charge in [0.1, 0.15) is 73.7 Å². The van der Waals surface area contributed by atoms with E-state index < -0.39 is 45.4 Å². The highest BCUT2D eigenvalue weighted by molar-refractivity contribution is 6.34. The van der Waals surface area contributed by atoms with Crippen molar-refractivity contribution in [3.05, 3.63) is 193 Å². The number of nitro groups is 2. The molecule has 39 nitrogen and oxygen atoms in total. The molecule has 9 heterocycles. The number of nitrogen functional groups attached to an aromatic ring is 1. The Labute approximate surface area is 820 Å². The zero-order valence-electron chi connectivity index (χ0n) is 82.4. The van der Waals surface area contributed by atoms with Crippen LogP contribution < -0.4 is 51.1 Å². The van der Waals surface area contributed by atoms with Crippen LogP contribution in [0.25, 0.3) is 78.2 Å². The molecule has 4 aliphatic rings. The summed E-state index contributed by atoms with van der Waals surface area (Å²) in [7, 11) is 12.6. The van der Waals surface area contributed by atoms with Gasteiger partial charge < -0.3 is 103 Å². The Morgan fingerprint density at radius 1 is 0.496 bits per heavy atom. The maximum Gasteiger partial charge on any atom is 0.352 e. The third-order valence-electron chi connectivity index (χ3n) is 23.2. The number of esters is 4. The van der Waals surface area contributed by atoms with Gasteiger partial charge in [-0.15, -0.1) is 0 Å². The van der Waals surface area contributed by atoms with Gasteiger partial charge in [0.05, 0.1) is 117 Å². The number of carbonyl (C=O) groups is 7. The van der Waals surface area contributed by atoms with E-state index in [9.17, 15) is 58.9 Å². The van der Waals surface area contributed by atoms with Crippen LogP contribution in [0.3, 0.4) is 0 Å². The SMILES string of the molecule is CC(C)(C)OC(=O)C[C@@H]1CCCNC1.CCC(=O)c1cc(OC)c2c(c1)nc(-c1cc3cccnc3n1CC1CC1)n2CC.CCNc1c(N)cc(C(=O)OC)cc1OC.CCNc1c(OC)cc(C(=O)OC)cc1[N+](=O)[O-].CCn1c(-c2cc3cccnc3n2CC2CC2)nc2cc(C(=O)O)cc(OC)c21.CN.COC(=O)c1cc(OC)c(Cl)c([N+](=O)[O-])c1.O=C(O)c1cc2cccnc2n1CC1CC1. The number of rotatable bonds is 30. The number of nitrogens with two attached hydrogens (primary N) is 2. The number of anilines is 3. The standard InChI is InChI=1S/C24H26N4O2.C22H22N4O3.C12H12N2O2.C11H14N2O5.C11H16N2O3.C11H21NO2.C9H8ClNO5.CH5N/c1-4-20(29)17-11-18-22(21(13-17)30-3)27(5-2)24(26-18)19-12-16-7-6-10-25-23(16)28(19)14-15-8-9-15;1-3-25-19-16(9-15(22(27)28)11-18(19)29-2)24-21(25)17-10-14-5-4-8-23-20(14)26(17)12-13-6-7-13;15-12(16)10-6-9-2-1-5-13-11(9)14(10)7-8-3-4-8;1-4-12-10-8(13(15)16)5-7(11(14)18-3)6-9(10)17-2;1-4-13-10-8(12)5-7(11(14)16-3)6-9(10)15-2;1-11(2,3)14-10(13)7-9-5-4-6-12-8-9;1-15-7-4-5(9(12)16-2)3-6(8(7)10)11(13)14;1-2/h6-7,10-13,15H,4-5,8-9,14H2,1-3H3;4-5,8-11,13H,3,6-7,12H2,1-2H3,(H,27,28);1-2,5-6,8H,3-4,7H2,(H,15,16);5-6,12H,4H2,1-3H3;5-6,13H,4,12H2,1-3H3;9,12H,4-8H2,1-3H3;3-4H,1-2H3;2H2,1H3/t;;;;;9-;;/m.....0../s1. The van der Waals surface area contributed by atoms with Crippen molar-refractivity contribution in [2.75, 3.05) is 106 Å². The lowest BCUT2D eigenvalue weighted by atomic mass is 9.96. The quantitative estimate of drug-likeness (QED) is 0.00549. The first-order valence-corrected chi connectivity index (χ1v) is 46.6. The van der Waals surface area contributed by atoms with Crippen LogP contribution in [-0.4, -0.2) is 205 Å². The Morgan fingerprint density at radius 2 is 0.901 bits per heavy atom. The van der Waals surface area contributed by atoms with E-state index in [1.165, 1.54) is 107 Å². The first-order valence-electron chi connectivity index (χ1n) is 46.3. The lowest BCUT2D eigenvalue weighted by Gasteiger charge is -2.24. The largest absolute Gasteiger partial charge is 0.495 e. The molecule has 0 unspecified atom stereocenters. The van der Waals surface area contributed by atoms with Gasteiger partial charge in [-0.05, 0) is 247 Å². The molecule has 3 aliphatic carbocycles. The number of nitrogens with one attached hydrogen (secondary N) is 3. The topological polar surface area (TPSA) is 507 Å². The summed E-state index contributed by atoms with van der Waals surface area (Å²) >= 11 is 5.70. The van der Waals surface area contributed by atoms with Crippen molar-refractivity contribution in [2.45, 2.75) is 158 Å². The van der Waals surface area contributed by atoms with Gasteiger partial charge in [0.15, 0.2) is 28.1 Å². The molecule has 0 amide bonds. The fourth-order valence-corrected chi connectivity index (χ4v) is 16.3. The van der Waals surface area contributed by atoms with Gasteiger partial charge in [-0.25, -0.2) is 48.9 Å². The summed E-state index contributed by atoms with van der Waals surface area (Å²) in [6.45, 7) is 22.9. The number of ether oxygens (including phenoxy) is 9. The molecule has 1 atom stereocenters. The number of fused-ring (bicyclic) bond motifs is 5. The predicted molar refractivity (Wildman–Crippen MR) is 538 cm³/mol. The summed E-state index contributed by atoms with van der Waals surface area (Å²) in [6, 6.07) is 32.8. The number of Topliss-reactive ketones (excluding diaryl/α,β-unsaturated/α-hetero) is 1. The molecule has 3 saturated carbocycles. The van der Waals surface area contributed by atoms with Crippen molar-refractivity contribution in [3.8, 4) is 51.8 Å². The molecule has 1 saturated heterocycles. The second-order valence-electron chi connectivity index (χ2n) is 34.1. The van der Waals surface area contributed by atoms with E-state index in [0.717, 1.165) is 137 Å². The maximum absolute atomic E-state index is 12.4. The van der Waals surface area contributed by atoms with E-state index in [1.807, 2.05) is 88.0 Å². The number of aromatic carboxylic acids is 2. The van der Waals surface area contributed by atoms with Crippen molar-refractivity contribution in [3.63, 3.8) is 0 Å². The number of halogens is 1. The second-order valence-corrected chi connectivity index (χ2v) is 34.5. The number of carboxylic acid groups (broad SMARTS) is 2. The summed E-state index contributed by atoms with van der Waals surface area (Å²) < 4.78 is 55.8. The summed E-state index contributed by atoms with van der Waals surface area (Å²) in [6.07, 6.45) is 16.1. The van der Waals surface area contributed by atoms with E-state index in [2.05, 4.69) is 107 Å². The number of nitrogens with zero attached hydrogens (tertiary/aromatic N) is 12. The van der Waals surface area contributed by atoms with E-state index >= 15 is 0 Å². The molecule has 0 radical (unpaired) electrons. The van der Waals surface area contributed by atoms with Crippen LogP contribution in [0.4, 0.5) is 28.4 Å². The Kier molecular flexibility index (Phi) is 38.3. The average molecular weight is 1960 g/mol. The molecule has 752 valence electrons. The van der Waals surface area contributed by atoms with Crippen LogP contribution in [0, 0.1) is 43.9 Å². The molecular weight excluding hydrogens is 1840 g/mol. The molecule has 0 bridgehead atoms. The molecule has 5 aromatic carbocycles. The molecule has 4 fully saturated rings. The highest BCUT2D eigenvalue weighted by Gasteiger charge is 2.33. The normalized spacial score (nSPS) is 13.4. The number of imidazole rings is 2. The third-order valence-corrected chi connectivity index (χ3v) is 23.5. The number of carboxylic acids is 2. The summed E-state index contributed by atoms with van der Waals surface area (Å²) in [5.74, 6) is 2.58. The van der Waals surface area contributed by atoms with E-state index in [-0.39, 0.29) is 61.9 Å². The van der Waals surface area contributed by atoms with Crippen LogP contribution in [0.15, 0.2) is 134 Å². The minimum absolute atomic E-state index is 0.00968. The summed E-state index contributed by atoms with van der Waals surface area (Å²) in [4.78, 5) is 124. The first-order chi connectivity index (χ1) is 67.7. The number of carbonyl (C=O) groups excluding carboxylic acids is 5. The number of hydrogen-bond donors (Lipinski definition) is 7. The fraction of sp³-hybridized carbons (Fsp3) is 0.406. The lowest BCUT2D eigenvalue weighted by Crippen LogP contribution is -2.33. The Bertz CT molecular complexity index is 6650. The summed E-state index contributed by atoms with van der Waals surface area (Å²) in [5, 5.41) is 52.4. The highest BCUT2D eigenvalue weighted by Crippen LogP contribution is 2.44. The smallest absolute Gasteiger partial charge is 0.352 e. The number of methoxy groups -OCH3 is 8. The second kappa shape index (κ2) is 50.0. The molecular formula is C101H124ClN17O22. The number of hydrogen-bond acceptors (Lipinski definition) is 30. The minimum atomic E-state index is -0.996. The number of benzene rings is 5. The van der Waals surface area contributed by atoms with Gasteiger partial charge in [-0.1, -0.05) is 18.5 Å². The molecule has 1 aliphatic heterocycles. The Balaban J connectivity index is 0.000000172. The molecule has 17 rings (SSSR count). The average Bonchev–Trinajstić information content (AvgIpc) is 1.59. The zero-order chi connectivity index (χ0) is 103. The molecule has 0 spiro atoms. The van der Waals surface area contributed by atoms with Gasteiger partial charge in [-0.2, -0.15) is 0 Å². The van der Waals surface area contributed by atoms with E-state index in [0.29, 0.717) is 101 Å². The highest BCUT2D eigenvalue weighted by atomic mass is 35.5. The number of aryl methyl sites for hydroxylation is 2. The van der Waals surface area contributed by atoms with E-state index in [1.54, 1.807) is 57.7 Å². The van der Waals surface area contributed by atoms with Crippen molar-refractivity contribution >= 4 is 137 Å². The Morgan fingerprint density at radius 3 is 1.30 bits per heavy atom. The zero-order valence-corrected chi connectivity index (χ0v) is 83.2. The molecule has 8 aromatic heterocycles. The van der Waals surface area contributed by atoms with Crippen LogP contribution in [0.1, 0.15) is 182 Å². The fourth-order valence-electron chi connectivity index (χ4n) is 16.0. The van der Waals surface area contributed by atoms with Gasteiger partial charge in [0.2, 0.25) is 0 Å². The van der Waals surface area contributed by atoms with Crippen molar-refractivity contribution in [1.29, 1.82) is 0 Å². The monoisotopic (exact) mass is 1960 g/mol. The minimum Gasteiger partial charge on any atom is -0.495 e. The van der Waals surface area contributed by atoms with Gasteiger partial charge >= 0.3 is 35.8 Å². The molecule has 40 heteroatoms. The summed E-state index contributed by atoms with van der Waals surface area (Å²) in [5.41, 5.74) is 20.3. The van der Waals surface area contributed by atoms with Gasteiger partial charge in [-0.3, -0.25) is 29.8 Å². The molecule has 9 N–H and O–H groups in total. The van der Waals surface area contributed by atoms with Crippen LogP contribution in [0.5, 0.6) is 28.7 Å². The third kappa shape index (κ3) is 27.1. The first kappa shape index (κ1) is 108. The van der Waals surface area contributed by atoms with Crippen molar-refractivity contribution < 1.29 is 96.3 Å². The maximum atomic E-state index is 12.4. The number of pyridine rings is 3. The number of piperidine rings is 1. The van der Waals surface area contributed by atoms with Crippen LogP contribution in [-0.2, 0) is 56.5 Å². The van der Waals surface area contributed by atoms with Gasteiger partial charge in [0, 0.05) is 111 Å². The van der Waals surface area contributed by atoms with Crippen LogP contribution in [0.2, 0.25) is 5.02 Å². The number of nitro benzene ring substituents is 2. The van der Waals surface area contributed by atoms with E-state index in [4.69, 9.17) is 60.8 Å². The number of ketones is 1. The van der Waals surface area contributed by atoms with Crippen molar-refractivity contribution in [1.82, 2.24) is 53.1 Å². The number of aromatic nitrogens is 10.